The number of para-hydroxylation sites is 1. The van der Waals surface area contributed by atoms with Crippen LogP contribution in [-0.2, 0) is 16.1 Å². The molecule has 0 unspecified atom stereocenters. The molecule has 0 spiro atoms. The zero-order valence-corrected chi connectivity index (χ0v) is 14.3. The van der Waals surface area contributed by atoms with Crippen LogP contribution < -0.4 is 4.74 Å². The van der Waals surface area contributed by atoms with E-state index < -0.39 is 5.97 Å². The summed E-state index contributed by atoms with van der Waals surface area (Å²) in [5.74, 6) is 0.311. The Labute approximate surface area is 147 Å². The van der Waals surface area contributed by atoms with Crippen molar-refractivity contribution in [2.45, 2.75) is 12.6 Å². The maximum absolute atomic E-state index is 11.1. The standard InChI is InChI=1S/C18H26N2O5/c21-5-6-25-17-4-2-1-3-15(17)9-20-8-14-7-19(11-18(22)23)10-16(20)13-24-12-14/h1-4,14,16,21H,5-13H2,(H,22,23)/t14-,16-/m0/s1. The number of hydrogen-bond donors (Lipinski definition) is 2. The van der Waals surface area contributed by atoms with Crippen LogP contribution in [-0.4, -0.2) is 84.6 Å². The van der Waals surface area contributed by atoms with Gasteiger partial charge in [0.1, 0.15) is 12.4 Å². The fourth-order valence-corrected chi connectivity index (χ4v) is 3.69. The van der Waals surface area contributed by atoms with Gasteiger partial charge in [0.05, 0.1) is 26.4 Å². The molecule has 3 rings (SSSR count). The van der Waals surface area contributed by atoms with Crippen LogP contribution in [0.5, 0.6) is 5.75 Å². The molecule has 2 heterocycles. The average Bonchev–Trinajstić information content (AvgIpc) is 2.83. The predicted octanol–water partition coefficient (Wildman–Crippen LogP) is 0.275. The van der Waals surface area contributed by atoms with Crippen LogP contribution in [0.3, 0.4) is 0 Å². The summed E-state index contributed by atoms with van der Waals surface area (Å²) in [5.41, 5.74) is 1.08. The van der Waals surface area contributed by atoms with Crippen molar-refractivity contribution < 1.29 is 24.5 Å². The molecule has 25 heavy (non-hydrogen) atoms. The minimum absolute atomic E-state index is 0.0132. The Hall–Kier alpha value is -1.67. The molecule has 2 bridgehead atoms. The molecule has 0 aliphatic carbocycles. The monoisotopic (exact) mass is 350 g/mol. The summed E-state index contributed by atoms with van der Waals surface area (Å²) in [6, 6.07) is 8.03. The predicted molar refractivity (Wildman–Crippen MR) is 91.6 cm³/mol. The lowest BCUT2D eigenvalue weighted by Gasteiger charge is -2.31. The molecular weight excluding hydrogens is 324 g/mol. The molecular formula is C18H26N2O5. The first-order valence-corrected chi connectivity index (χ1v) is 8.73. The summed E-state index contributed by atoms with van der Waals surface area (Å²) in [6.07, 6.45) is 0. The number of nitrogens with zero attached hydrogens (tertiary/aromatic N) is 2. The highest BCUT2D eigenvalue weighted by Gasteiger charge is 2.34. The first-order valence-electron chi connectivity index (χ1n) is 8.73. The Morgan fingerprint density at radius 1 is 1.24 bits per heavy atom. The van der Waals surface area contributed by atoms with Gasteiger partial charge in [-0.2, -0.15) is 0 Å². The van der Waals surface area contributed by atoms with E-state index >= 15 is 0 Å². The van der Waals surface area contributed by atoms with Crippen molar-refractivity contribution in [3.63, 3.8) is 0 Å². The third-order valence-electron chi connectivity index (χ3n) is 4.71. The first kappa shape index (κ1) is 18.1. The van der Waals surface area contributed by atoms with Gasteiger partial charge in [-0.15, -0.1) is 0 Å². The van der Waals surface area contributed by atoms with E-state index in [1.807, 2.05) is 29.2 Å². The van der Waals surface area contributed by atoms with Gasteiger partial charge >= 0.3 is 5.97 Å². The molecule has 2 atom stereocenters. The number of benzene rings is 1. The summed E-state index contributed by atoms with van der Waals surface area (Å²) >= 11 is 0. The van der Waals surface area contributed by atoms with Crippen LogP contribution in [0.4, 0.5) is 0 Å². The summed E-state index contributed by atoms with van der Waals surface area (Å²) in [6.45, 7) is 4.70. The summed E-state index contributed by atoms with van der Waals surface area (Å²) in [7, 11) is 0. The van der Waals surface area contributed by atoms with Crippen LogP contribution >= 0.6 is 0 Å². The number of aliphatic hydroxyl groups is 1. The number of carboxylic acids is 1. The number of rotatable bonds is 7. The largest absolute Gasteiger partial charge is 0.491 e. The number of carboxylic acid groups (broad SMARTS) is 1. The van der Waals surface area contributed by atoms with E-state index in [4.69, 9.17) is 19.7 Å². The minimum atomic E-state index is -0.782. The molecule has 2 saturated heterocycles. The summed E-state index contributed by atoms with van der Waals surface area (Å²) in [4.78, 5) is 15.5. The Balaban J connectivity index is 1.73. The van der Waals surface area contributed by atoms with E-state index in [-0.39, 0.29) is 25.8 Å². The van der Waals surface area contributed by atoms with Gasteiger partial charge in [-0.1, -0.05) is 18.2 Å². The number of fused-ring (bicyclic) bond motifs is 3. The molecule has 0 radical (unpaired) electrons. The van der Waals surface area contributed by atoms with Crippen LogP contribution in [0, 0.1) is 5.92 Å². The van der Waals surface area contributed by atoms with Gasteiger partial charge in [0.15, 0.2) is 0 Å². The van der Waals surface area contributed by atoms with Gasteiger partial charge in [0.25, 0.3) is 0 Å². The van der Waals surface area contributed by atoms with Crippen molar-refractivity contribution in [2.24, 2.45) is 5.92 Å². The van der Waals surface area contributed by atoms with E-state index in [0.717, 1.165) is 30.9 Å². The second-order valence-corrected chi connectivity index (χ2v) is 6.75. The van der Waals surface area contributed by atoms with Crippen molar-refractivity contribution >= 4 is 5.97 Å². The number of aliphatic hydroxyl groups excluding tert-OH is 1. The molecule has 1 aromatic rings. The zero-order chi connectivity index (χ0) is 17.6. The fraction of sp³-hybridized carbons (Fsp3) is 0.611. The fourth-order valence-electron chi connectivity index (χ4n) is 3.69. The molecule has 1 aromatic carbocycles. The highest BCUT2D eigenvalue weighted by atomic mass is 16.5. The Kier molecular flexibility index (Phi) is 6.25. The molecule has 2 fully saturated rings. The van der Waals surface area contributed by atoms with Crippen molar-refractivity contribution in [1.82, 2.24) is 9.80 Å². The maximum Gasteiger partial charge on any atom is 0.317 e. The van der Waals surface area contributed by atoms with E-state index in [2.05, 4.69) is 4.90 Å². The SMILES string of the molecule is O=C(O)CN1C[C@@H]2COC[C@H](C1)N(Cc1ccccc1OCCO)C2. The van der Waals surface area contributed by atoms with Gasteiger partial charge in [0, 0.05) is 43.7 Å². The van der Waals surface area contributed by atoms with Crippen LogP contribution in [0.25, 0.3) is 0 Å². The van der Waals surface area contributed by atoms with Crippen LogP contribution in [0.2, 0.25) is 0 Å². The first-order chi connectivity index (χ1) is 12.2. The van der Waals surface area contributed by atoms with E-state index in [1.165, 1.54) is 0 Å². The molecule has 2 aliphatic heterocycles. The molecule has 7 nitrogen and oxygen atoms in total. The topological polar surface area (TPSA) is 82.5 Å². The smallest absolute Gasteiger partial charge is 0.317 e. The lowest BCUT2D eigenvalue weighted by Crippen LogP contribution is -2.44. The van der Waals surface area contributed by atoms with Crippen molar-refractivity contribution in [2.75, 3.05) is 52.6 Å². The maximum atomic E-state index is 11.1. The van der Waals surface area contributed by atoms with E-state index in [1.54, 1.807) is 0 Å². The van der Waals surface area contributed by atoms with Crippen LogP contribution in [0.15, 0.2) is 24.3 Å². The molecule has 2 aliphatic rings. The average molecular weight is 350 g/mol. The highest BCUT2D eigenvalue weighted by molar-refractivity contribution is 5.69. The Bertz CT molecular complexity index is 582. The van der Waals surface area contributed by atoms with Gasteiger partial charge < -0.3 is 19.7 Å². The molecule has 7 heteroatoms. The van der Waals surface area contributed by atoms with E-state index in [9.17, 15) is 4.79 Å². The minimum Gasteiger partial charge on any atom is -0.491 e. The molecule has 2 N–H and O–H groups in total. The number of ether oxygens (including phenoxy) is 2. The van der Waals surface area contributed by atoms with Gasteiger partial charge in [-0.25, -0.2) is 0 Å². The number of carbonyl (C=O) groups is 1. The number of aliphatic carboxylic acids is 1. The van der Waals surface area contributed by atoms with E-state index in [0.29, 0.717) is 25.7 Å². The Morgan fingerprint density at radius 3 is 2.88 bits per heavy atom. The van der Waals surface area contributed by atoms with Crippen molar-refractivity contribution in [1.29, 1.82) is 0 Å². The summed E-state index contributed by atoms with van der Waals surface area (Å²) in [5, 5.41) is 18.1. The van der Waals surface area contributed by atoms with Gasteiger partial charge in [-0.05, 0) is 6.07 Å². The normalized spacial score (nSPS) is 24.7. The van der Waals surface area contributed by atoms with Crippen molar-refractivity contribution in [3.8, 4) is 5.75 Å². The molecule has 0 amide bonds. The zero-order valence-electron chi connectivity index (χ0n) is 14.3. The highest BCUT2D eigenvalue weighted by Crippen LogP contribution is 2.25. The second-order valence-electron chi connectivity index (χ2n) is 6.75. The molecule has 0 saturated carbocycles. The van der Waals surface area contributed by atoms with Gasteiger partial charge in [-0.3, -0.25) is 14.6 Å². The van der Waals surface area contributed by atoms with Crippen LogP contribution in [0.1, 0.15) is 5.56 Å². The summed E-state index contributed by atoms with van der Waals surface area (Å²) < 4.78 is 11.4. The third kappa shape index (κ3) is 4.92. The Morgan fingerprint density at radius 2 is 2.08 bits per heavy atom. The third-order valence-corrected chi connectivity index (χ3v) is 4.71. The van der Waals surface area contributed by atoms with Gasteiger partial charge in [0.2, 0.25) is 0 Å². The van der Waals surface area contributed by atoms with Crippen molar-refractivity contribution in [3.05, 3.63) is 29.8 Å². The quantitative estimate of drug-likeness (QED) is 0.731. The lowest BCUT2D eigenvalue weighted by atomic mass is 10.1. The number of hydrogen-bond acceptors (Lipinski definition) is 6. The second kappa shape index (κ2) is 8.62. The molecule has 0 aromatic heterocycles. The lowest BCUT2D eigenvalue weighted by molar-refractivity contribution is -0.138. The molecule has 138 valence electrons.